The molecule has 5 nitrogen and oxygen atoms in total. The van der Waals surface area contributed by atoms with Crippen LogP contribution >= 0.6 is 0 Å². The summed E-state index contributed by atoms with van der Waals surface area (Å²) < 4.78 is 7.12. The van der Waals surface area contributed by atoms with Gasteiger partial charge in [0.2, 0.25) is 0 Å². The molecule has 0 fully saturated rings. The Balaban J connectivity index is 1.91. The lowest BCUT2D eigenvalue weighted by atomic mass is 10.1. The van der Waals surface area contributed by atoms with Gasteiger partial charge in [-0.2, -0.15) is 5.10 Å². The van der Waals surface area contributed by atoms with E-state index in [0.29, 0.717) is 11.8 Å². The Hall–Kier alpha value is -2.01. The molecular weight excluding hydrogens is 254 g/mol. The number of nitrogens with one attached hydrogen (secondary N) is 1. The number of aryl methyl sites for hydroxylation is 1. The van der Waals surface area contributed by atoms with Crippen molar-refractivity contribution in [1.82, 2.24) is 9.78 Å². The zero-order chi connectivity index (χ0) is 14.4. The molecule has 5 heteroatoms. The van der Waals surface area contributed by atoms with Crippen LogP contribution in [0.25, 0.3) is 0 Å². The molecule has 1 unspecified atom stereocenters. The van der Waals surface area contributed by atoms with Crippen molar-refractivity contribution in [3.8, 4) is 5.75 Å². The molecule has 0 spiro atoms. The van der Waals surface area contributed by atoms with Crippen molar-refractivity contribution in [1.29, 1.82) is 0 Å². The molecule has 0 aliphatic rings. The van der Waals surface area contributed by atoms with Crippen LogP contribution in [-0.4, -0.2) is 28.0 Å². The summed E-state index contributed by atoms with van der Waals surface area (Å²) in [6, 6.07) is 7.99. The van der Waals surface area contributed by atoms with Gasteiger partial charge in [-0.1, -0.05) is 0 Å². The zero-order valence-electron chi connectivity index (χ0n) is 11.9. The summed E-state index contributed by atoms with van der Waals surface area (Å²) in [5.74, 6) is 0.710. The molecule has 1 heterocycles. The molecule has 0 aliphatic heterocycles. The first kappa shape index (κ1) is 14.4. The van der Waals surface area contributed by atoms with Crippen molar-refractivity contribution in [3.05, 3.63) is 42.2 Å². The number of rotatable bonds is 7. The largest absolute Gasteiger partial charge is 0.496 e. The second-order valence-corrected chi connectivity index (χ2v) is 4.79. The van der Waals surface area contributed by atoms with Crippen molar-refractivity contribution in [2.24, 2.45) is 0 Å². The summed E-state index contributed by atoms with van der Waals surface area (Å²) >= 11 is 0. The van der Waals surface area contributed by atoms with E-state index in [1.165, 1.54) is 0 Å². The van der Waals surface area contributed by atoms with Gasteiger partial charge in [0.15, 0.2) is 0 Å². The number of aliphatic hydroxyl groups is 1. The molecule has 0 aliphatic carbocycles. The van der Waals surface area contributed by atoms with E-state index in [9.17, 15) is 5.11 Å². The number of methoxy groups -OCH3 is 1. The highest BCUT2D eigenvalue weighted by molar-refractivity contribution is 5.51. The van der Waals surface area contributed by atoms with E-state index in [0.717, 1.165) is 24.2 Å². The summed E-state index contributed by atoms with van der Waals surface area (Å²) in [5, 5.41) is 16.9. The van der Waals surface area contributed by atoms with E-state index in [2.05, 4.69) is 17.3 Å². The second kappa shape index (κ2) is 6.96. The molecule has 0 bridgehead atoms. The molecular formula is C15H21N3O2. The first-order valence-electron chi connectivity index (χ1n) is 6.74. The fourth-order valence-corrected chi connectivity index (χ4v) is 2.11. The number of hydrogen-bond acceptors (Lipinski definition) is 4. The predicted molar refractivity (Wildman–Crippen MR) is 78.8 cm³/mol. The van der Waals surface area contributed by atoms with Gasteiger partial charge in [-0.05, 0) is 37.6 Å². The quantitative estimate of drug-likeness (QED) is 0.814. The highest BCUT2D eigenvalue weighted by atomic mass is 16.5. The molecule has 1 aromatic carbocycles. The fourth-order valence-electron chi connectivity index (χ4n) is 2.11. The Morgan fingerprint density at radius 2 is 2.30 bits per heavy atom. The van der Waals surface area contributed by atoms with Gasteiger partial charge in [-0.3, -0.25) is 4.68 Å². The van der Waals surface area contributed by atoms with Crippen LogP contribution in [-0.2, 0) is 13.2 Å². The molecule has 0 amide bonds. The molecule has 20 heavy (non-hydrogen) atoms. The summed E-state index contributed by atoms with van der Waals surface area (Å²) in [5.41, 5.74) is 1.78. The van der Waals surface area contributed by atoms with Crippen LogP contribution in [0.5, 0.6) is 5.75 Å². The van der Waals surface area contributed by atoms with Crippen molar-refractivity contribution in [3.63, 3.8) is 0 Å². The lowest BCUT2D eigenvalue weighted by Crippen LogP contribution is -2.18. The van der Waals surface area contributed by atoms with Gasteiger partial charge >= 0.3 is 0 Å². The van der Waals surface area contributed by atoms with Gasteiger partial charge in [-0.25, -0.2) is 0 Å². The van der Waals surface area contributed by atoms with Gasteiger partial charge in [0.25, 0.3) is 0 Å². The SMILES string of the molecule is COc1ccc(NC(C)CCn2cccn2)cc1CO. The van der Waals surface area contributed by atoms with E-state index < -0.39 is 0 Å². The molecule has 0 saturated carbocycles. The molecule has 2 N–H and O–H groups in total. The lowest BCUT2D eigenvalue weighted by Gasteiger charge is -2.17. The van der Waals surface area contributed by atoms with Crippen LogP contribution < -0.4 is 10.1 Å². The molecule has 1 aromatic heterocycles. The minimum absolute atomic E-state index is 0.0274. The normalized spacial score (nSPS) is 12.2. The summed E-state index contributed by atoms with van der Waals surface area (Å²) in [6.45, 7) is 2.98. The number of nitrogens with zero attached hydrogens (tertiary/aromatic N) is 2. The smallest absolute Gasteiger partial charge is 0.124 e. The number of aliphatic hydroxyl groups excluding tert-OH is 1. The second-order valence-electron chi connectivity index (χ2n) is 4.79. The first-order chi connectivity index (χ1) is 9.72. The van der Waals surface area contributed by atoms with Crippen LogP contribution in [0.1, 0.15) is 18.9 Å². The number of ether oxygens (including phenoxy) is 1. The minimum atomic E-state index is -0.0274. The highest BCUT2D eigenvalue weighted by Gasteiger charge is 2.06. The Morgan fingerprint density at radius 3 is 2.95 bits per heavy atom. The predicted octanol–water partition coefficient (Wildman–Crippen LogP) is 2.27. The van der Waals surface area contributed by atoms with Crippen LogP contribution in [0.4, 0.5) is 5.69 Å². The maximum absolute atomic E-state index is 9.32. The Labute approximate surface area is 119 Å². The monoisotopic (exact) mass is 275 g/mol. The third-order valence-electron chi connectivity index (χ3n) is 3.21. The Morgan fingerprint density at radius 1 is 1.45 bits per heavy atom. The first-order valence-corrected chi connectivity index (χ1v) is 6.74. The standard InChI is InChI=1S/C15H21N3O2/c1-12(6-9-18-8-3-7-16-18)17-14-4-5-15(20-2)13(10-14)11-19/h3-5,7-8,10,12,17,19H,6,9,11H2,1-2H3. The third kappa shape index (κ3) is 3.74. The molecule has 0 saturated heterocycles. The topological polar surface area (TPSA) is 59.3 Å². The van der Waals surface area contributed by atoms with E-state index in [4.69, 9.17) is 4.74 Å². The van der Waals surface area contributed by atoms with E-state index in [1.807, 2.05) is 35.1 Å². The summed E-state index contributed by atoms with van der Waals surface area (Å²) in [4.78, 5) is 0. The number of benzene rings is 1. The molecule has 2 aromatic rings. The number of hydrogen-bond donors (Lipinski definition) is 2. The van der Waals surface area contributed by atoms with Crippen molar-refractivity contribution in [2.75, 3.05) is 12.4 Å². The molecule has 1 atom stereocenters. The third-order valence-corrected chi connectivity index (χ3v) is 3.21. The maximum atomic E-state index is 9.32. The zero-order valence-corrected chi connectivity index (χ0v) is 11.9. The van der Waals surface area contributed by atoms with Gasteiger partial charge < -0.3 is 15.2 Å². The lowest BCUT2D eigenvalue weighted by molar-refractivity contribution is 0.274. The maximum Gasteiger partial charge on any atom is 0.124 e. The minimum Gasteiger partial charge on any atom is -0.496 e. The molecule has 108 valence electrons. The number of aromatic nitrogens is 2. The van der Waals surface area contributed by atoms with Crippen LogP contribution in [0.3, 0.4) is 0 Å². The van der Waals surface area contributed by atoms with Crippen molar-refractivity contribution in [2.45, 2.75) is 32.5 Å². The Bertz CT molecular complexity index is 526. The van der Waals surface area contributed by atoms with E-state index in [-0.39, 0.29) is 6.61 Å². The van der Waals surface area contributed by atoms with E-state index >= 15 is 0 Å². The highest BCUT2D eigenvalue weighted by Crippen LogP contribution is 2.23. The number of anilines is 1. The van der Waals surface area contributed by atoms with Crippen molar-refractivity contribution >= 4 is 5.69 Å². The van der Waals surface area contributed by atoms with Gasteiger partial charge in [0.1, 0.15) is 5.75 Å². The van der Waals surface area contributed by atoms with Gasteiger partial charge in [-0.15, -0.1) is 0 Å². The molecule has 2 rings (SSSR count). The molecule has 0 radical (unpaired) electrons. The van der Waals surface area contributed by atoms with Crippen LogP contribution in [0.15, 0.2) is 36.7 Å². The van der Waals surface area contributed by atoms with E-state index in [1.54, 1.807) is 13.3 Å². The summed E-state index contributed by atoms with van der Waals surface area (Å²) in [6.07, 6.45) is 4.72. The fraction of sp³-hybridized carbons (Fsp3) is 0.400. The summed E-state index contributed by atoms with van der Waals surface area (Å²) in [7, 11) is 1.61. The van der Waals surface area contributed by atoms with Crippen LogP contribution in [0, 0.1) is 0 Å². The van der Waals surface area contributed by atoms with Crippen LogP contribution in [0.2, 0.25) is 0 Å². The van der Waals surface area contributed by atoms with Gasteiger partial charge in [0, 0.05) is 36.2 Å². The Kier molecular flexibility index (Phi) is 5.01. The average Bonchev–Trinajstić information content (AvgIpc) is 2.98. The average molecular weight is 275 g/mol. The van der Waals surface area contributed by atoms with Gasteiger partial charge in [0.05, 0.1) is 13.7 Å². The van der Waals surface area contributed by atoms with Crippen molar-refractivity contribution < 1.29 is 9.84 Å².